The van der Waals surface area contributed by atoms with Crippen LogP contribution >= 0.6 is 11.6 Å². The number of ether oxygens (including phenoxy) is 1. The molecule has 0 amide bonds. The number of aliphatic carboxylic acids is 1. The fourth-order valence-electron chi connectivity index (χ4n) is 1.81. The van der Waals surface area contributed by atoms with Gasteiger partial charge in [0.25, 0.3) is 0 Å². The van der Waals surface area contributed by atoms with Crippen molar-refractivity contribution in [2.24, 2.45) is 0 Å². The molecule has 0 aliphatic heterocycles. The van der Waals surface area contributed by atoms with Crippen LogP contribution in [0.2, 0.25) is 5.02 Å². The number of carboxylic acid groups (broad SMARTS) is 1. The van der Waals surface area contributed by atoms with E-state index in [-0.39, 0.29) is 5.78 Å². The molecule has 0 radical (unpaired) electrons. The van der Waals surface area contributed by atoms with Crippen LogP contribution in [0, 0.1) is 0 Å². The molecule has 0 aromatic heterocycles. The highest BCUT2D eigenvalue weighted by Gasteiger charge is 2.29. The molecule has 1 N–H and O–H groups in total. The van der Waals surface area contributed by atoms with Crippen molar-refractivity contribution >= 4 is 23.4 Å². The first-order chi connectivity index (χ1) is 10.3. The fraction of sp³-hybridized carbons (Fsp3) is 0.176. The molecule has 0 heterocycles. The van der Waals surface area contributed by atoms with Crippen molar-refractivity contribution in [1.82, 2.24) is 0 Å². The topological polar surface area (TPSA) is 63.6 Å². The third kappa shape index (κ3) is 3.65. The van der Waals surface area contributed by atoms with Crippen molar-refractivity contribution < 1.29 is 19.4 Å². The number of hydrogen-bond acceptors (Lipinski definition) is 3. The van der Waals surface area contributed by atoms with Crippen molar-refractivity contribution in [3.8, 4) is 5.75 Å². The summed E-state index contributed by atoms with van der Waals surface area (Å²) in [5.74, 6) is -0.840. The molecule has 2 aromatic carbocycles. The number of benzene rings is 2. The first-order valence-electron chi connectivity index (χ1n) is 6.62. The van der Waals surface area contributed by atoms with E-state index in [1.165, 1.54) is 13.8 Å². The summed E-state index contributed by atoms with van der Waals surface area (Å²) >= 11 is 5.88. The molecule has 0 aliphatic carbocycles. The SMILES string of the molecule is CC(C)(Oc1ccc(C(=O)c2cccc(Cl)c2)cc1)C(=O)O. The van der Waals surface area contributed by atoms with Gasteiger partial charge in [0.15, 0.2) is 11.4 Å². The van der Waals surface area contributed by atoms with Crippen LogP contribution in [0.15, 0.2) is 48.5 Å². The van der Waals surface area contributed by atoms with Gasteiger partial charge in [-0.05, 0) is 50.2 Å². The van der Waals surface area contributed by atoms with E-state index in [4.69, 9.17) is 21.4 Å². The average Bonchev–Trinajstić information content (AvgIpc) is 2.47. The molecule has 2 rings (SSSR count). The molecule has 0 saturated heterocycles. The van der Waals surface area contributed by atoms with Gasteiger partial charge in [-0.2, -0.15) is 0 Å². The lowest BCUT2D eigenvalue weighted by atomic mass is 10.0. The molecule has 0 unspecified atom stereocenters. The first-order valence-corrected chi connectivity index (χ1v) is 7.00. The standard InChI is InChI=1S/C17H15ClO4/c1-17(2,16(20)21)22-14-8-6-11(7-9-14)15(19)12-4-3-5-13(18)10-12/h3-10H,1-2H3,(H,20,21). The van der Waals surface area contributed by atoms with Gasteiger partial charge in [0.1, 0.15) is 5.75 Å². The largest absolute Gasteiger partial charge is 0.478 e. The van der Waals surface area contributed by atoms with E-state index in [0.29, 0.717) is 21.9 Å². The van der Waals surface area contributed by atoms with Crippen LogP contribution in [0.1, 0.15) is 29.8 Å². The molecule has 0 fully saturated rings. The molecule has 0 saturated carbocycles. The van der Waals surface area contributed by atoms with Gasteiger partial charge < -0.3 is 9.84 Å². The molecule has 4 nitrogen and oxygen atoms in total. The van der Waals surface area contributed by atoms with Gasteiger partial charge in [-0.25, -0.2) is 4.79 Å². The summed E-state index contributed by atoms with van der Waals surface area (Å²) in [7, 11) is 0. The first kappa shape index (κ1) is 16.0. The van der Waals surface area contributed by atoms with Crippen molar-refractivity contribution in [2.45, 2.75) is 19.4 Å². The molecule has 0 bridgehead atoms. The number of carboxylic acids is 1. The third-order valence-corrected chi connectivity index (χ3v) is 3.33. The summed E-state index contributed by atoms with van der Waals surface area (Å²) in [4.78, 5) is 23.3. The zero-order valence-electron chi connectivity index (χ0n) is 12.2. The third-order valence-electron chi connectivity index (χ3n) is 3.09. The number of carbonyl (C=O) groups excluding carboxylic acids is 1. The van der Waals surface area contributed by atoms with Crippen LogP contribution < -0.4 is 4.74 Å². The van der Waals surface area contributed by atoms with Crippen LogP contribution in [0.25, 0.3) is 0 Å². The molecular weight excluding hydrogens is 304 g/mol. The Bertz CT molecular complexity index is 705. The number of carbonyl (C=O) groups is 2. The highest BCUT2D eigenvalue weighted by atomic mass is 35.5. The van der Waals surface area contributed by atoms with Crippen molar-refractivity contribution in [3.05, 3.63) is 64.7 Å². The lowest BCUT2D eigenvalue weighted by molar-refractivity contribution is -0.152. The maximum absolute atomic E-state index is 12.3. The summed E-state index contributed by atoms with van der Waals surface area (Å²) in [6, 6.07) is 13.0. The number of rotatable bonds is 5. The van der Waals surface area contributed by atoms with Crippen molar-refractivity contribution in [2.75, 3.05) is 0 Å². The summed E-state index contributed by atoms with van der Waals surface area (Å²) in [6.07, 6.45) is 0. The Hall–Kier alpha value is -2.33. The minimum Gasteiger partial charge on any atom is -0.478 e. The van der Waals surface area contributed by atoms with Gasteiger partial charge >= 0.3 is 5.97 Å². The van der Waals surface area contributed by atoms with Crippen LogP contribution in [0.5, 0.6) is 5.75 Å². The van der Waals surface area contributed by atoms with E-state index in [9.17, 15) is 9.59 Å². The zero-order chi connectivity index (χ0) is 16.3. The van der Waals surface area contributed by atoms with Crippen LogP contribution in [0.3, 0.4) is 0 Å². The van der Waals surface area contributed by atoms with E-state index >= 15 is 0 Å². The summed E-state index contributed by atoms with van der Waals surface area (Å²) < 4.78 is 5.39. The van der Waals surface area contributed by atoms with E-state index in [0.717, 1.165) is 0 Å². The predicted molar refractivity (Wildman–Crippen MR) is 83.7 cm³/mol. The van der Waals surface area contributed by atoms with E-state index in [2.05, 4.69) is 0 Å². The van der Waals surface area contributed by atoms with Gasteiger partial charge in [0.05, 0.1) is 0 Å². The Morgan fingerprint density at radius 3 is 2.23 bits per heavy atom. The monoisotopic (exact) mass is 318 g/mol. The Labute approximate surface area is 133 Å². The van der Waals surface area contributed by atoms with Gasteiger partial charge in [-0.1, -0.05) is 23.7 Å². The smallest absolute Gasteiger partial charge is 0.347 e. The van der Waals surface area contributed by atoms with E-state index in [1.807, 2.05) is 0 Å². The molecule has 0 atom stereocenters. The second-order valence-electron chi connectivity index (χ2n) is 5.28. The van der Waals surface area contributed by atoms with E-state index in [1.54, 1.807) is 48.5 Å². The second kappa shape index (κ2) is 6.20. The summed E-state index contributed by atoms with van der Waals surface area (Å²) in [6.45, 7) is 2.92. The Morgan fingerprint density at radius 2 is 1.68 bits per heavy atom. The number of halogens is 1. The Kier molecular flexibility index (Phi) is 4.52. The lowest BCUT2D eigenvalue weighted by Crippen LogP contribution is -2.37. The molecule has 114 valence electrons. The minimum atomic E-state index is -1.33. The average molecular weight is 319 g/mol. The Morgan fingerprint density at radius 1 is 1.05 bits per heavy atom. The van der Waals surface area contributed by atoms with Gasteiger partial charge in [0.2, 0.25) is 0 Å². The highest BCUT2D eigenvalue weighted by molar-refractivity contribution is 6.31. The second-order valence-corrected chi connectivity index (χ2v) is 5.72. The van der Waals surface area contributed by atoms with Crippen LogP contribution in [-0.2, 0) is 4.79 Å². The molecule has 5 heteroatoms. The van der Waals surface area contributed by atoms with Crippen molar-refractivity contribution in [1.29, 1.82) is 0 Å². The number of hydrogen-bond donors (Lipinski definition) is 1. The lowest BCUT2D eigenvalue weighted by Gasteiger charge is -2.21. The molecule has 0 aliphatic rings. The van der Waals surface area contributed by atoms with Crippen molar-refractivity contribution in [3.63, 3.8) is 0 Å². The molecule has 22 heavy (non-hydrogen) atoms. The van der Waals surface area contributed by atoms with Gasteiger partial charge in [0, 0.05) is 16.1 Å². The predicted octanol–water partition coefficient (Wildman–Crippen LogP) is 3.81. The molecule has 0 spiro atoms. The summed E-state index contributed by atoms with van der Waals surface area (Å²) in [5.41, 5.74) is -0.367. The summed E-state index contributed by atoms with van der Waals surface area (Å²) in [5, 5.41) is 9.52. The molecular formula is C17H15ClO4. The minimum absolute atomic E-state index is 0.161. The van der Waals surface area contributed by atoms with Crippen LogP contribution in [0.4, 0.5) is 0 Å². The Balaban J connectivity index is 2.19. The normalized spacial score (nSPS) is 11.0. The maximum Gasteiger partial charge on any atom is 0.347 e. The molecule has 2 aromatic rings. The maximum atomic E-state index is 12.3. The van der Waals surface area contributed by atoms with Gasteiger partial charge in [-0.15, -0.1) is 0 Å². The quantitative estimate of drug-likeness (QED) is 0.851. The number of ketones is 1. The van der Waals surface area contributed by atoms with Crippen LogP contribution in [-0.4, -0.2) is 22.5 Å². The fourth-order valence-corrected chi connectivity index (χ4v) is 2.00. The van der Waals surface area contributed by atoms with Gasteiger partial charge in [-0.3, -0.25) is 4.79 Å². The van der Waals surface area contributed by atoms with E-state index < -0.39 is 11.6 Å². The zero-order valence-corrected chi connectivity index (χ0v) is 12.9. The highest BCUT2D eigenvalue weighted by Crippen LogP contribution is 2.21.